The van der Waals surface area contributed by atoms with Crippen molar-refractivity contribution in [1.82, 2.24) is 0 Å². The average molecular weight is 668 g/mol. The smallest absolute Gasteiger partial charge is 0.159 e. The standard InChI is InChI=1S/C48H29NO3/c1-2-15-32(16-3-1)49(40-22-11-21-36-35-17-4-7-23-41(35)51-47(36)40)39-28-27-34(48-46(39)38-19-6-9-25-43(38)52-48)31-14-10-13-30(29-31)33-20-12-26-44-45(33)37-18-5-8-24-42(37)50-44/h1-29H. The van der Waals surface area contributed by atoms with Crippen LogP contribution in [0.25, 0.3) is 88.1 Å². The maximum Gasteiger partial charge on any atom is 0.159 e. The van der Waals surface area contributed by atoms with Gasteiger partial charge in [-0.2, -0.15) is 0 Å². The Morgan fingerprint density at radius 1 is 0.327 bits per heavy atom. The van der Waals surface area contributed by atoms with E-state index in [1.54, 1.807) is 0 Å². The Kier molecular flexibility index (Phi) is 6.22. The molecular weight excluding hydrogens is 639 g/mol. The first-order chi connectivity index (χ1) is 25.8. The maximum absolute atomic E-state index is 6.83. The normalized spacial score (nSPS) is 11.8. The summed E-state index contributed by atoms with van der Waals surface area (Å²) in [7, 11) is 0. The highest BCUT2D eigenvalue weighted by molar-refractivity contribution is 6.19. The Balaban J connectivity index is 1.16. The van der Waals surface area contributed by atoms with Crippen molar-refractivity contribution in [2.45, 2.75) is 0 Å². The van der Waals surface area contributed by atoms with E-state index in [9.17, 15) is 0 Å². The fourth-order valence-corrected chi connectivity index (χ4v) is 7.99. The first kappa shape index (κ1) is 28.8. The van der Waals surface area contributed by atoms with Crippen molar-refractivity contribution in [2.24, 2.45) is 0 Å². The van der Waals surface area contributed by atoms with Crippen molar-refractivity contribution in [1.29, 1.82) is 0 Å². The number of hydrogen-bond acceptors (Lipinski definition) is 4. The summed E-state index contributed by atoms with van der Waals surface area (Å²) in [6.45, 7) is 0. The molecule has 0 N–H and O–H groups in total. The van der Waals surface area contributed by atoms with Crippen LogP contribution < -0.4 is 4.90 Å². The summed E-state index contributed by atoms with van der Waals surface area (Å²) >= 11 is 0. The number of anilines is 3. The van der Waals surface area contributed by atoms with Gasteiger partial charge in [0, 0.05) is 38.2 Å². The van der Waals surface area contributed by atoms with Crippen LogP contribution in [0.4, 0.5) is 17.1 Å². The molecule has 244 valence electrons. The highest BCUT2D eigenvalue weighted by Crippen LogP contribution is 2.48. The molecule has 52 heavy (non-hydrogen) atoms. The van der Waals surface area contributed by atoms with Crippen LogP contribution in [-0.2, 0) is 0 Å². The van der Waals surface area contributed by atoms with Crippen LogP contribution in [0.15, 0.2) is 189 Å². The monoisotopic (exact) mass is 667 g/mol. The minimum Gasteiger partial charge on any atom is -0.456 e. The molecule has 0 fully saturated rings. The van der Waals surface area contributed by atoms with Crippen molar-refractivity contribution in [3.8, 4) is 22.3 Å². The summed E-state index contributed by atoms with van der Waals surface area (Å²) in [5, 5.41) is 6.51. The SMILES string of the molecule is c1ccc(N(c2cccc3c2oc2ccccc23)c2ccc(-c3cccc(-c4cccc5oc6ccccc6c45)c3)c3oc4ccccc4c23)cc1. The minimum absolute atomic E-state index is 0.834. The summed E-state index contributed by atoms with van der Waals surface area (Å²) in [6, 6.07) is 61.2. The quantitative estimate of drug-likeness (QED) is 0.183. The van der Waals surface area contributed by atoms with Crippen molar-refractivity contribution in [2.75, 3.05) is 4.90 Å². The van der Waals surface area contributed by atoms with Crippen LogP contribution in [0.3, 0.4) is 0 Å². The van der Waals surface area contributed by atoms with Crippen LogP contribution in [0.5, 0.6) is 0 Å². The van der Waals surface area contributed by atoms with E-state index >= 15 is 0 Å². The number of nitrogens with zero attached hydrogens (tertiary/aromatic N) is 1. The lowest BCUT2D eigenvalue weighted by Crippen LogP contribution is -2.10. The molecule has 8 aromatic carbocycles. The number of furan rings is 3. The molecular formula is C48H29NO3. The van der Waals surface area contributed by atoms with Gasteiger partial charge in [-0.1, -0.05) is 115 Å². The number of rotatable bonds is 5. The second-order valence-corrected chi connectivity index (χ2v) is 13.2. The molecule has 0 radical (unpaired) electrons. The first-order valence-corrected chi connectivity index (χ1v) is 17.5. The molecule has 0 amide bonds. The zero-order valence-electron chi connectivity index (χ0n) is 27.9. The van der Waals surface area contributed by atoms with E-state index < -0.39 is 0 Å². The van der Waals surface area contributed by atoms with E-state index in [-0.39, 0.29) is 0 Å². The molecule has 11 rings (SSSR count). The highest BCUT2D eigenvalue weighted by Gasteiger charge is 2.25. The van der Waals surface area contributed by atoms with Gasteiger partial charge >= 0.3 is 0 Å². The van der Waals surface area contributed by atoms with Gasteiger partial charge in [0.05, 0.1) is 16.8 Å². The van der Waals surface area contributed by atoms with Gasteiger partial charge < -0.3 is 18.2 Å². The van der Waals surface area contributed by atoms with E-state index in [2.05, 4.69) is 144 Å². The molecule has 0 aliphatic rings. The van der Waals surface area contributed by atoms with Crippen molar-refractivity contribution >= 4 is 82.9 Å². The van der Waals surface area contributed by atoms with Gasteiger partial charge in [-0.3, -0.25) is 0 Å². The van der Waals surface area contributed by atoms with E-state index in [4.69, 9.17) is 13.3 Å². The fraction of sp³-hybridized carbons (Fsp3) is 0. The molecule has 11 aromatic rings. The molecule has 0 aliphatic heterocycles. The third-order valence-electron chi connectivity index (χ3n) is 10.3. The Labute approximate surface area is 298 Å². The number of hydrogen-bond donors (Lipinski definition) is 0. The third kappa shape index (κ3) is 4.28. The van der Waals surface area contributed by atoms with Crippen LogP contribution in [-0.4, -0.2) is 0 Å². The zero-order chi connectivity index (χ0) is 34.2. The molecule has 0 aliphatic carbocycles. The molecule has 0 unspecified atom stereocenters. The molecule has 0 spiro atoms. The molecule has 3 heterocycles. The fourth-order valence-electron chi connectivity index (χ4n) is 7.99. The van der Waals surface area contributed by atoms with Gasteiger partial charge in [0.2, 0.25) is 0 Å². The van der Waals surface area contributed by atoms with Gasteiger partial charge in [0.15, 0.2) is 5.58 Å². The number of fused-ring (bicyclic) bond motifs is 9. The highest BCUT2D eigenvalue weighted by atomic mass is 16.3. The van der Waals surface area contributed by atoms with Gasteiger partial charge in [0.1, 0.15) is 27.9 Å². The third-order valence-corrected chi connectivity index (χ3v) is 10.3. The first-order valence-electron chi connectivity index (χ1n) is 17.5. The zero-order valence-corrected chi connectivity index (χ0v) is 27.9. The van der Waals surface area contributed by atoms with Crippen LogP contribution in [0.1, 0.15) is 0 Å². The topological polar surface area (TPSA) is 42.7 Å². The van der Waals surface area contributed by atoms with E-state index in [0.717, 1.165) is 105 Å². The molecule has 3 aromatic heterocycles. The van der Waals surface area contributed by atoms with Crippen LogP contribution in [0.2, 0.25) is 0 Å². The summed E-state index contributed by atoms with van der Waals surface area (Å²) in [5.41, 5.74) is 12.5. The number of benzene rings is 8. The van der Waals surface area contributed by atoms with Crippen LogP contribution >= 0.6 is 0 Å². The van der Waals surface area contributed by atoms with E-state index in [0.29, 0.717) is 0 Å². The Hall–Kier alpha value is -7.04. The summed E-state index contributed by atoms with van der Waals surface area (Å²) in [6.07, 6.45) is 0. The Morgan fingerprint density at radius 2 is 0.904 bits per heavy atom. The van der Waals surface area contributed by atoms with Crippen molar-refractivity contribution in [3.63, 3.8) is 0 Å². The predicted octanol–water partition coefficient (Wildman–Crippen LogP) is 14.2. The number of para-hydroxylation sites is 5. The lowest BCUT2D eigenvalue weighted by atomic mass is 9.94. The molecule has 4 nitrogen and oxygen atoms in total. The van der Waals surface area contributed by atoms with Crippen LogP contribution in [0, 0.1) is 0 Å². The molecule has 4 heteroatoms. The van der Waals surface area contributed by atoms with E-state index in [1.165, 1.54) is 0 Å². The Bertz CT molecular complexity index is 3150. The summed E-state index contributed by atoms with van der Waals surface area (Å²) in [5.74, 6) is 0. The molecule has 0 saturated carbocycles. The van der Waals surface area contributed by atoms with Gasteiger partial charge in [-0.05, 0) is 77.4 Å². The Morgan fingerprint density at radius 3 is 1.71 bits per heavy atom. The largest absolute Gasteiger partial charge is 0.456 e. The average Bonchev–Trinajstić information content (AvgIpc) is 3.91. The van der Waals surface area contributed by atoms with Crippen molar-refractivity contribution < 1.29 is 13.3 Å². The predicted molar refractivity (Wildman–Crippen MR) is 214 cm³/mol. The summed E-state index contributed by atoms with van der Waals surface area (Å²) < 4.78 is 19.7. The minimum atomic E-state index is 0.834. The maximum atomic E-state index is 6.83. The van der Waals surface area contributed by atoms with Gasteiger partial charge in [-0.15, -0.1) is 0 Å². The van der Waals surface area contributed by atoms with Crippen molar-refractivity contribution in [3.05, 3.63) is 176 Å². The molecule has 0 atom stereocenters. The molecule has 0 saturated heterocycles. The van der Waals surface area contributed by atoms with Gasteiger partial charge in [-0.25, -0.2) is 0 Å². The lowest BCUT2D eigenvalue weighted by molar-refractivity contribution is 0.668. The lowest BCUT2D eigenvalue weighted by Gasteiger charge is -2.26. The van der Waals surface area contributed by atoms with Gasteiger partial charge in [0.25, 0.3) is 0 Å². The van der Waals surface area contributed by atoms with E-state index in [1.807, 2.05) is 36.4 Å². The summed E-state index contributed by atoms with van der Waals surface area (Å²) in [4.78, 5) is 2.31. The second-order valence-electron chi connectivity index (χ2n) is 13.2. The molecule has 0 bridgehead atoms. The second kappa shape index (κ2) is 11.2.